The molecule has 5 atom stereocenters. The molecular formula is C14H16F4N2O2. The van der Waals surface area contributed by atoms with Crippen LogP contribution in [0.4, 0.5) is 23.4 Å². The summed E-state index contributed by atoms with van der Waals surface area (Å²) in [5.74, 6) is -1.42. The Morgan fingerprint density at radius 2 is 1.95 bits per heavy atom. The average molecular weight is 320 g/mol. The lowest BCUT2D eigenvalue weighted by molar-refractivity contribution is -0.140. The Morgan fingerprint density at radius 3 is 2.55 bits per heavy atom. The number of hydrogen-bond acceptors (Lipinski definition) is 4. The number of aromatic nitrogens is 1. The van der Waals surface area contributed by atoms with Crippen LogP contribution >= 0.6 is 0 Å². The zero-order valence-corrected chi connectivity index (χ0v) is 11.5. The number of pyridine rings is 1. The van der Waals surface area contributed by atoms with Gasteiger partial charge in [0.1, 0.15) is 5.82 Å². The van der Waals surface area contributed by atoms with Crippen molar-refractivity contribution in [2.24, 2.45) is 17.8 Å². The highest BCUT2D eigenvalue weighted by molar-refractivity contribution is 5.39. The van der Waals surface area contributed by atoms with E-state index in [0.717, 1.165) is 6.42 Å². The summed E-state index contributed by atoms with van der Waals surface area (Å²) in [5.41, 5.74) is -1.35. The van der Waals surface area contributed by atoms with Gasteiger partial charge in [-0.3, -0.25) is 0 Å². The van der Waals surface area contributed by atoms with Crippen LogP contribution in [0.2, 0.25) is 0 Å². The molecule has 22 heavy (non-hydrogen) atoms. The number of fused-ring (bicyclic) bond motifs is 2. The average Bonchev–Trinajstić information content (AvgIpc) is 2.97. The molecule has 4 nitrogen and oxygen atoms in total. The van der Waals surface area contributed by atoms with Gasteiger partial charge in [0.25, 0.3) is 0 Å². The van der Waals surface area contributed by atoms with Gasteiger partial charge in [0.15, 0.2) is 5.82 Å². The number of hydrogen-bond donors (Lipinski definition) is 3. The smallest absolute Gasteiger partial charge is 0.390 e. The molecular weight excluding hydrogens is 304 g/mol. The fraction of sp³-hybridized carbons (Fsp3) is 0.643. The minimum atomic E-state index is -4.77. The van der Waals surface area contributed by atoms with Crippen molar-refractivity contribution in [3.05, 3.63) is 23.6 Å². The van der Waals surface area contributed by atoms with Crippen LogP contribution in [0.3, 0.4) is 0 Å². The van der Waals surface area contributed by atoms with Crippen LogP contribution in [0.5, 0.6) is 0 Å². The summed E-state index contributed by atoms with van der Waals surface area (Å²) in [6.45, 7) is 0.334. The summed E-state index contributed by atoms with van der Waals surface area (Å²) in [6.07, 6.45) is -4.27. The summed E-state index contributed by atoms with van der Waals surface area (Å²) in [5, 5.41) is 22.3. The van der Waals surface area contributed by atoms with Crippen molar-refractivity contribution in [3.63, 3.8) is 0 Å². The van der Waals surface area contributed by atoms with Gasteiger partial charge >= 0.3 is 6.18 Å². The summed E-state index contributed by atoms with van der Waals surface area (Å²) >= 11 is 0. The molecule has 0 aromatic carbocycles. The van der Waals surface area contributed by atoms with Crippen molar-refractivity contribution in [1.29, 1.82) is 0 Å². The molecule has 2 saturated carbocycles. The van der Waals surface area contributed by atoms with Crippen molar-refractivity contribution in [1.82, 2.24) is 4.98 Å². The summed E-state index contributed by atoms with van der Waals surface area (Å²) < 4.78 is 51.0. The maximum absolute atomic E-state index is 13.2. The maximum atomic E-state index is 13.2. The molecule has 0 unspecified atom stereocenters. The Labute approximate surface area is 124 Å². The van der Waals surface area contributed by atoms with Crippen molar-refractivity contribution in [2.45, 2.75) is 31.2 Å². The van der Waals surface area contributed by atoms with E-state index in [2.05, 4.69) is 10.3 Å². The molecule has 8 heteroatoms. The molecule has 1 aromatic rings. The molecule has 1 heterocycles. The lowest BCUT2D eigenvalue weighted by Crippen LogP contribution is -2.38. The fourth-order valence-corrected chi connectivity index (χ4v) is 3.65. The van der Waals surface area contributed by atoms with Crippen molar-refractivity contribution >= 4 is 5.82 Å². The first-order valence-corrected chi connectivity index (χ1v) is 7.10. The quantitative estimate of drug-likeness (QED) is 0.746. The standard InChI is InChI=1S/C14H16F4N2O2/c15-10-5-20-11(3-9(10)14(16,17)18)19-4-7-1-6-2-8(7)13(22)12(6)21/h3,5-8,12-13,21-22H,1-2,4H2,(H,19,20)/t6-,7-,8-,12+,13-/m1/s1. The van der Waals surface area contributed by atoms with Gasteiger partial charge in [-0.15, -0.1) is 0 Å². The number of halogens is 4. The molecule has 0 spiro atoms. The molecule has 122 valence electrons. The van der Waals surface area contributed by atoms with E-state index in [-0.39, 0.29) is 23.6 Å². The topological polar surface area (TPSA) is 65.4 Å². The van der Waals surface area contributed by atoms with Crippen molar-refractivity contribution in [3.8, 4) is 0 Å². The molecule has 2 aliphatic rings. The van der Waals surface area contributed by atoms with Gasteiger partial charge in [0.2, 0.25) is 0 Å². The van der Waals surface area contributed by atoms with Crippen LogP contribution < -0.4 is 5.32 Å². The monoisotopic (exact) mass is 320 g/mol. The highest BCUT2D eigenvalue weighted by atomic mass is 19.4. The van der Waals surface area contributed by atoms with Gasteiger partial charge in [0.05, 0.1) is 24.0 Å². The van der Waals surface area contributed by atoms with E-state index in [9.17, 15) is 27.8 Å². The second-order valence-corrected chi connectivity index (χ2v) is 6.06. The van der Waals surface area contributed by atoms with Crippen molar-refractivity contribution < 1.29 is 27.8 Å². The lowest BCUT2D eigenvalue weighted by atomic mass is 9.85. The third kappa shape index (κ3) is 2.65. The predicted octanol–water partition coefficient (Wildman–Crippen LogP) is 2.03. The van der Waals surface area contributed by atoms with E-state index in [1.54, 1.807) is 0 Å². The Hall–Kier alpha value is -1.41. The van der Waals surface area contributed by atoms with Gasteiger partial charge in [-0.25, -0.2) is 9.37 Å². The summed E-state index contributed by atoms with van der Waals surface area (Å²) in [6, 6.07) is 0.647. The number of nitrogens with one attached hydrogen (secondary N) is 1. The second-order valence-electron chi connectivity index (χ2n) is 6.06. The van der Waals surface area contributed by atoms with Crippen LogP contribution in [0.25, 0.3) is 0 Å². The number of alkyl halides is 3. The first-order valence-electron chi connectivity index (χ1n) is 7.10. The highest BCUT2D eigenvalue weighted by Gasteiger charge is 2.51. The van der Waals surface area contributed by atoms with Crippen LogP contribution in [-0.2, 0) is 6.18 Å². The first-order chi connectivity index (χ1) is 10.3. The zero-order valence-electron chi connectivity index (χ0n) is 11.5. The Kier molecular flexibility index (Phi) is 3.76. The van der Waals surface area contributed by atoms with Crippen LogP contribution in [0.15, 0.2) is 12.3 Å². The number of aliphatic hydroxyl groups excluding tert-OH is 2. The molecule has 2 bridgehead atoms. The van der Waals surface area contributed by atoms with E-state index < -0.39 is 29.8 Å². The molecule has 0 saturated heterocycles. The summed E-state index contributed by atoms with van der Waals surface area (Å²) in [4.78, 5) is 3.61. The summed E-state index contributed by atoms with van der Waals surface area (Å²) in [7, 11) is 0. The minimum absolute atomic E-state index is 0.0405. The molecule has 3 rings (SSSR count). The highest BCUT2D eigenvalue weighted by Crippen LogP contribution is 2.48. The van der Waals surface area contributed by atoms with Crippen LogP contribution in [0.1, 0.15) is 18.4 Å². The minimum Gasteiger partial charge on any atom is -0.390 e. The molecule has 2 aliphatic carbocycles. The maximum Gasteiger partial charge on any atom is 0.419 e. The molecule has 0 aliphatic heterocycles. The van der Waals surface area contributed by atoms with Gasteiger partial charge in [-0.1, -0.05) is 0 Å². The van der Waals surface area contributed by atoms with E-state index in [1.807, 2.05) is 0 Å². The zero-order chi connectivity index (χ0) is 16.1. The van der Waals surface area contributed by atoms with E-state index in [0.29, 0.717) is 25.2 Å². The predicted molar refractivity (Wildman–Crippen MR) is 69.4 cm³/mol. The van der Waals surface area contributed by atoms with E-state index >= 15 is 0 Å². The van der Waals surface area contributed by atoms with Gasteiger partial charge in [0, 0.05) is 6.54 Å². The Bertz CT molecular complexity index is 564. The Balaban J connectivity index is 1.66. The van der Waals surface area contributed by atoms with Gasteiger partial charge in [-0.05, 0) is 36.7 Å². The lowest BCUT2D eigenvalue weighted by Gasteiger charge is -2.30. The van der Waals surface area contributed by atoms with E-state index in [4.69, 9.17) is 0 Å². The van der Waals surface area contributed by atoms with E-state index in [1.165, 1.54) is 0 Å². The third-order valence-electron chi connectivity index (χ3n) is 4.76. The number of anilines is 1. The number of aliphatic hydroxyl groups is 2. The molecule has 0 amide bonds. The van der Waals surface area contributed by atoms with Crippen LogP contribution in [-0.4, -0.2) is 33.9 Å². The normalized spacial score (nSPS) is 34.2. The second kappa shape index (κ2) is 5.34. The largest absolute Gasteiger partial charge is 0.419 e. The molecule has 3 N–H and O–H groups in total. The third-order valence-corrected chi connectivity index (χ3v) is 4.76. The molecule has 2 fully saturated rings. The first kappa shape index (κ1) is 15.5. The fourth-order valence-electron chi connectivity index (χ4n) is 3.65. The number of rotatable bonds is 3. The van der Waals surface area contributed by atoms with Crippen molar-refractivity contribution in [2.75, 3.05) is 11.9 Å². The molecule has 0 radical (unpaired) electrons. The SMILES string of the molecule is O[C@H]1[C@@H]2C[C@H](CNc3cc(C(F)(F)F)c(F)cn3)[C@@H](C2)[C@H]1O. The van der Waals surface area contributed by atoms with Crippen LogP contribution in [0, 0.1) is 23.6 Å². The molecule has 1 aromatic heterocycles. The van der Waals surface area contributed by atoms with Gasteiger partial charge < -0.3 is 15.5 Å². The van der Waals surface area contributed by atoms with Gasteiger partial charge in [-0.2, -0.15) is 13.2 Å². The number of nitrogens with zero attached hydrogens (tertiary/aromatic N) is 1. The Morgan fingerprint density at radius 1 is 1.23 bits per heavy atom.